The lowest BCUT2D eigenvalue weighted by atomic mass is 10.1. The maximum Gasteiger partial charge on any atom is 0.450 e. The lowest BCUT2D eigenvalue weighted by Crippen LogP contribution is -2.24. The summed E-state index contributed by atoms with van der Waals surface area (Å²) in [7, 11) is 3.06. The minimum atomic E-state index is -4.93. The number of para-hydroxylation sites is 1. The predicted octanol–water partition coefficient (Wildman–Crippen LogP) is 5.77. The first kappa shape index (κ1) is 24.3. The smallest absolute Gasteiger partial charge is 0.450 e. The summed E-state index contributed by atoms with van der Waals surface area (Å²) in [6.45, 7) is 1.85. The number of ketones is 1. The summed E-state index contributed by atoms with van der Waals surface area (Å²) in [5.41, 5.74) is 1.51. The molecule has 1 N–H and O–H groups in total. The number of aromatic nitrogens is 2. The fraction of sp³-hybridized carbons (Fsp3) is 0.227. The van der Waals surface area contributed by atoms with Crippen LogP contribution >= 0.6 is 15.9 Å². The second-order valence-electron chi connectivity index (χ2n) is 6.81. The van der Waals surface area contributed by atoms with Gasteiger partial charge in [0.2, 0.25) is 17.6 Å². The minimum Gasteiger partial charge on any atom is -0.493 e. The number of nitrogens with zero attached hydrogens (tertiary/aromatic N) is 2. The van der Waals surface area contributed by atoms with E-state index in [9.17, 15) is 18.0 Å². The zero-order chi connectivity index (χ0) is 24.2. The summed E-state index contributed by atoms with van der Waals surface area (Å²) < 4.78 is 54.9. The van der Waals surface area contributed by atoms with Crippen molar-refractivity contribution in [1.82, 2.24) is 9.97 Å². The van der Waals surface area contributed by atoms with Crippen LogP contribution in [-0.2, 0) is 11.2 Å². The van der Waals surface area contributed by atoms with E-state index in [4.69, 9.17) is 14.2 Å². The van der Waals surface area contributed by atoms with Gasteiger partial charge in [0.05, 0.1) is 24.9 Å². The van der Waals surface area contributed by atoms with Crippen LogP contribution in [-0.4, -0.2) is 36.1 Å². The first-order chi connectivity index (χ1) is 15.6. The van der Waals surface area contributed by atoms with Crippen molar-refractivity contribution in [2.45, 2.75) is 19.5 Å². The Hall–Kier alpha value is -3.34. The van der Waals surface area contributed by atoms with Crippen LogP contribution in [0.2, 0.25) is 0 Å². The van der Waals surface area contributed by atoms with E-state index in [1.165, 1.54) is 31.5 Å². The molecule has 0 bridgehead atoms. The zero-order valence-electron chi connectivity index (χ0n) is 17.8. The van der Waals surface area contributed by atoms with Gasteiger partial charge in [-0.05, 0) is 40.5 Å². The average molecular weight is 526 g/mol. The lowest BCUT2D eigenvalue weighted by molar-refractivity contribution is -0.170. The Kier molecular flexibility index (Phi) is 7.42. The molecule has 0 aliphatic carbocycles. The Balaban J connectivity index is 1.87. The van der Waals surface area contributed by atoms with Crippen molar-refractivity contribution in [2.75, 3.05) is 19.5 Å². The summed E-state index contributed by atoms with van der Waals surface area (Å²) in [5, 5.41) is 3.03. The second-order valence-corrected chi connectivity index (χ2v) is 7.66. The number of anilines is 2. The van der Waals surface area contributed by atoms with Gasteiger partial charge in [0.1, 0.15) is 5.75 Å². The number of Topliss-reactive ketones (excluding diaryl/α,β-unsaturated/α-hetero) is 1. The third-order valence-electron chi connectivity index (χ3n) is 4.48. The largest absolute Gasteiger partial charge is 0.493 e. The van der Waals surface area contributed by atoms with Crippen molar-refractivity contribution >= 4 is 33.3 Å². The molecule has 174 valence electrons. The summed E-state index contributed by atoms with van der Waals surface area (Å²) in [4.78, 5) is 19.9. The van der Waals surface area contributed by atoms with Crippen LogP contribution < -0.4 is 19.5 Å². The predicted molar refractivity (Wildman–Crippen MR) is 119 cm³/mol. The standard InChI is InChI=1S/C22H19BrF3N3O4/c1-12-8-14(10-17(31-2)19(12)32-3)28-21-27-11-15(23)20(29-21)33-16-7-5-4-6-13(16)9-18(30)22(24,25)26/h4-8,10-11H,9H2,1-3H3,(H,27,28,29). The number of alkyl halides is 3. The number of benzene rings is 2. The van der Waals surface area contributed by atoms with Gasteiger partial charge in [-0.25, -0.2) is 4.98 Å². The van der Waals surface area contributed by atoms with Crippen molar-refractivity contribution in [2.24, 2.45) is 0 Å². The number of nitrogens with one attached hydrogen (secondary N) is 1. The van der Waals surface area contributed by atoms with Crippen LogP contribution in [0.1, 0.15) is 11.1 Å². The molecule has 0 saturated carbocycles. The molecule has 0 aliphatic heterocycles. The molecule has 11 heteroatoms. The molecule has 1 aromatic heterocycles. The van der Waals surface area contributed by atoms with Gasteiger partial charge in [0.25, 0.3) is 0 Å². The normalized spacial score (nSPS) is 11.1. The number of methoxy groups -OCH3 is 2. The quantitative estimate of drug-likeness (QED) is 0.399. The average Bonchev–Trinajstić information content (AvgIpc) is 2.76. The molecule has 3 aromatic rings. The summed E-state index contributed by atoms with van der Waals surface area (Å²) in [5.74, 6) is -0.472. The number of rotatable bonds is 8. The highest BCUT2D eigenvalue weighted by Gasteiger charge is 2.38. The van der Waals surface area contributed by atoms with E-state index < -0.39 is 18.4 Å². The summed E-state index contributed by atoms with van der Waals surface area (Å²) in [6, 6.07) is 9.46. The lowest BCUT2D eigenvalue weighted by Gasteiger charge is -2.15. The molecule has 0 aliphatic rings. The van der Waals surface area contributed by atoms with E-state index in [2.05, 4.69) is 31.2 Å². The Morgan fingerprint density at radius 1 is 1.12 bits per heavy atom. The third kappa shape index (κ3) is 5.92. The maximum absolute atomic E-state index is 12.7. The van der Waals surface area contributed by atoms with E-state index in [0.29, 0.717) is 21.7 Å². The van der Waals surface area contributed by atoms with Gasteiger partial charge in [0, 0.05) is 23.7 Å². The van der Waals surface area contributed by atoms with Crippen LogP contribution in [0.15, 0.2) is 47.1 Å². The van der Waals surface area contributed by atoms with E-state index in [1.807, 2.05) is 13.0 Å². The first-order valence-corrected chi connectivity index (χ1v) is 10.3. The van der Waals surface area contributed by atoms with E-state index in [1.54, 1.807) is 19.2 Å². The van der Waals surface area contributed by atoms with Gasteiger partial charge in [0.15, 0.2) is 11.5 Å². The van der Waals surface area contributed by atoms with E-state index in [-0.39, 0.29) is 23.1 Å². The van der Waals surface area contributed by atoms with Gasteiger partial charge in [-0.3, -0.25) is 4.79 Å². The van der Waals surface area contributed by atoms with Crippen LogP contribution in [0.25, 0.3) is 0 Å². The first-order valence-electron chi connectivity index (χ1n) is 9.50. The molecular weight excluding hydrogens is 507 g/mol. The molecule has 33 heavy (non-hydrogen) atoms. The fourth-order valence-electron chi connectivity index (χ4n) is 2.97. The number of halogens is 4. The van der Waals surface area contributed by atoms with Crippen LogP contribution in [0.5, 0.6) is 23.1 Å². The Morgan fingerprint density at radius 2 is 1.85 bits per heavy atom. The molecular formula is C22H19BrF3N3O4. The van der Waals surface area contributed by atoms with Crippen molar-refractivity contribution in [1.29, 1.82) is 0 Å². The highest BCUT2D eigenvalue weighted by Crippen LogP contribution is 2.36. The molecule has 0 unspecified atom stereocenters. The van der Waals surface area contributed by atoms with Crippen LogP contribution in [0.4, 0.5) is 24.8 Å². The van der Waals surface area contributed by atoms with Gasteiger partial charge in [-0.2, -0.15) is 18.2 Å². The van der Waals surface area contributed by atoms with Gasteiger partial charge in [-0.1, -0.05) is 18.2 Å². The fourth-order valence-corrected chi connectivity index (χ4v) is 3.24. The Morgan fingerprint density at radius 3 is 2.52 bits per heavy atom. The highest BCUT2D eigenvalue weighted by atomic mass is 79.9. The van der Waals surface area contributed by atoms with Gasteiger partial charge < -0.3 is 19.5 Å². The molecule has 0 fully saturated rings. The third-order valence-corrected chi connectivity index (χ3v) is 5.02. The van der Waals surface area contributed by atoms with Crippen molar-refractivity contribution in [3.63, 3.8) is 0 Å². The molecule has 0 spiro atoms. The maximum atomic E-state index is 12.7. The van der Waals surface area contributed by atoms with E-state index >= 15 is 0 Å². The Bertz CT molecular complexity index is 1170. The Labute approximate surface area is 196 Å². The van der Waals surface area contributed by atoms with Crippen LogP contribution in [0.3, 0.4) is 0 Å². The number of hydrogen-bond donors (Lipinski definition) is 1. The second kappa shape index (κ2) is 10.1. The van der Waals surface area contributed by atoms with Crippen molar-refractivity contribution in [3.8, 4) is 23.1 Å². The van der Waals surface area contributed by atoms with Gasteiger partial charge >= 0.3 is 6.18 Å². The summed E-state index contributed by atoms with van der Waals surface area (Å²) >= 11 is 3.27. The molecule has 1 heterocycles. The zero-order valence-corrected chi connectivity index (χ0v) is 19.4. The highest BCUT2D eigenvalue weighted by molar-refractivity contribution is 9.10. The number of carbonyl (C=O) groups excluding carboxylic acids is 1. The topological polar surface area (TPSA) is 82.6 Å². The number of hydrogen-bond acceptors (Lipinski definition) is 7. The number of carbonyl (C=O) groups is 1. The molecule has 0 atom stereocenters. The minimum absolute atomic E-state index is 0.0524. The molecule has 0 saturated heterocycles. The van der Waals surface area contributed by atoms with Crippen molar-refractivity contribution < 1.29 is 32.2 Å². The molecule has 0 amide bonds. The van der Waals surface area contributed by atoms with Crippen molar-refractivity contribution in [3.05, 3.63) is 58.2 Å². The van der Waals surface area contributed by atoms with Gasteiger partial charge in [-0.15, -0.1) is 0 Å². The SMILES string of the molecule is COc1cc(Nc2ncc(Br)c(Oc3ccccc3CC(=O)C(F)(F)F)n2)cc(C)c1OC. The monoisotopic (exact) mass is 525 g/mol. The number of aryl methyl sites for hydroxylation is 1. The van der Waals surface area contributed by atoms with Crippen LogP contribution in [0, 0.1) is 6.92 Å². The molecule has 0 radical (unpaired) electrons. The van der Waals surface area contributed by atoms with E-state index in [0.717, 1.165) is 5.56 Å². The molecule has 3 rings (SSSR count). The molecule has 7 nitrogen and oxygen atoms in total. The molecule has 2 aromatic carbocycles. The number of ether oxygens (including phenoxy) is 3. The summed E-state index contributed by atoms with van der Waals surface area (Å²) in [6.07, 6.45) is -4.35.